The van der Waals surface area contributed by atoms with E-state index in [9.17, 15) is 39.0 Å². The first-order chi connectivity index (χ1) is 30.5. The van der Waals surface area contributed by atoms with Gasteiger partial charge in [0, 0.05) is 68.8 Å². The van der Waals surface area contributed by atoms with Gasteiger partial charge in [-0.3, -0.25) is 14.4 Å². The maximum absolute atomic E-state index is 15.8. The molecule has 0 aromatic heterocycles. The van der Waals surface area contributed by atoms with E-state index in [0.717, 1.165) is 0 Å². The summed E-state index contributed by atoms with van der Waals surface area (Å²) >= 11 is 6.32. The minimum Gasteiger partial charge on any atom is -0.460 e. The Labute approximate surface area is 391 Å². The van der Waals surface area contributed by atoms with Crippen molar-refractivity contribution in [3.8, 4) is 0 Å². The number of ketones is 2. The lowest BCUT2D eigenvalue weighted by atomic mass is 9.34. The molecule has 5 rings (SSSR count). The highest BCUT2D eigenvalue weighted by Gasteiger charge is 2.81. The molecule has 0 bridgehead atoms. The predicted molar refractivity (Wildman–Crippen MR) is 234 cm³/mol. The third-order valence-electron chi connectivity index (χ3n) is 15.8. The topological polar surface area (TPSA) is 234 Å². The van der Waals surface area contributed by atoms with Crippen LogP contribution in [0.25, 0.3) is 0 Å². The molecule has 66 heavy (non-hydrogen) atoms. The highest BCUT2D eigenvalue weighted by atomic mass is 35.5. The summed E-state index contributed by atoms with van der Waals surface area (Å²) in [4.78, 5) is 96.4. The number of aliphatic hydroxyl groups excluding tert-OH is 1. The predicted octanol–water partition coefficient (Wildman–Crippen LogP) is 4.79. The molecule has 4 aliphatic rings. The van der Waals surface area contributed by atoms with E-state index in [1.807, 2.05) is 6.92 Å². The van der Waals surface area contributed by atoms with Gasteiger partial charge in [-0.15, -0.1) is 0 Å². The van der Waals surface area contributed by atoms with Crippen molar-refractivity contribution in [2.45, 2.75) is 142 Å². The van der Waals surface area contributed by atoms with Gasteiger partial charge in [-0.2, -0.15) is 0 Å². The first kappa shape index (κ1) is 53.0. The van der Waals surface area contributed by atoms with Crippen LogP contribution in [0.3, 0.4) is 0 Å². The van der Waals surface area contributed by atoms with E-state index >= 15 is 4.79 Å². The number of benzene rings is 1. The zero-order chi connectivity index (χ0) is 49.6. The summed E-state index contributed by atoms with van der Waals surface area (Å²) in [5.41, 5.74) is -10.9. The van der Waals surface area contributed by atoms with Crippen LogP contribution in [-0.2, 0) is 66.7 Å². The molecule has 0 saturated heterocycles. The van der Waals surface area contributed by atoms with Gasteiger partial charge in [0.1, 0.15) is 55.1 Å². The molecule has 1 aromatic rings. The van der Waals surface area contributed by atoms with E-state index < -0.39 is 136 Å². The first-order valence-corrected chi connectivity index (χ1v) is 22.6. The van der Waals surface area contributed by atoms with Crippen molar-refractivity contribution in [1.29, 1.82) is 0 Å². The molecule has 17 nitrogen and oxygen atoms in total. The second-order valence-electron chi connectivity index (χ2n) is 20.6. The summed E-state index contributed by atoms with van der Waals surface area (Å²) < 4.78 is 45.4. The molecule has 1 aromatic carbocycles. The van der Waals surface area contributed by atoms with Crippen molar-refractivity contribution in [3.63, 3.8) is 0 Å². The summed E-state index contributed by atoms with van der Waals surface area (Å²) in [7, 11) is 3.91. The number of halogens is 1. The van der Waals surface area contributed by atoms with Crippen LogP contribution >= 0.6 is 11.6 Å². The average Bonchev–Trinajstić information content (AvgIpc) is 3.42. The van der Waals surface area contributed by atoms with E-state index in [1.54, 1.807) is 53.7 Å². The fourth-order valence-corrected chi connectivity index (χ4v) is 13.1. The SMILES string of the molecule is COCC(=O)O[C@H]1C[C@H]2[C@]3(C)C(=O)C[C@]4(C)[C@@H]([C@@](C)(O)C(=O)CCC(C)(C)OC(C)=O)[C@H](OC(=O)COC)C[C@@]4(C)[C@@H]3C[C@@H](O)[C@@]2(OC(=O)c2cccc(Cl)c2)C(C)(C)[C@@H]1OC(=O)COC. The minimum atomic E-state index is -2.22. The molecule has 0 radical (unpaired) electrons. The second-order valence-corrected chi connectivity index (χ2v) is 21.0. The Hall–Kier alpha value is -4.00. The normalized spacial score (nSPS) is 34.3. The molecule has 4 fully saturated rings. The molecule has 0 amide bonds. The number of Topliss-reactive ketones (excluding diaryl/α,β-unsaturated/α-hetero) is 2. The molecule has 12 atom stereocenters. The van der Waals surface area contributed by atoms with Crippen molar-refractivity contribution >= 4 is 53.0 Å². The molecule has 0 aliphatic heterocycles. The molecular formula is C48H67ClO17. The summed E-state index contributed by atoms with van der Waals surface area (Å²) in [5, 5.41) is 25.9. The van der Waals surface area contributed by atoms with Gasteiger partial charge in [-0.05, 0) is 81.4 Å². The van der Waals surface area contributed by atoms with E-state index in [-0.39, 0.29) is 54.9 Å². The van der Waals surface area contributed by atoms with Gasteiger partial charge in [0.2, 0.25) is 0 Å². The van der Waals surface area contributed by atoms with E-state index in [4.69, 9.17) is 49.5 Å². The Morgan fingerprint density at radius 3 is 1.91 bits per heavy atom. The van der Waals surface area contributed by atoms with Crippen molar-refractivity contribution in [2.24, 2.45) is 39.4 Å². The van der Waals surface area contributed by atoms with E-state index in [1.165, 1.54) is 47.3 Å². The Bertz CT molecular complexity index is 2070. The van der Waals surface area contributed by atoms with Gasteiger partial charge in [-0.1, -0.05) is 52.3 Å². The lowest BCUT2D eigenvalue weighted by Gasteiger charge is -2.71. The van der Waals surface area contributed by atoms with Crippen LogP contribution in [0.1, 0.15) is 111 Å². The second kappa shape index (κ2) is 19.2. The van der Waals surface area contributed by atoms with Crippen LogP contribution in [0.5, 0.6) is 0 Å². The number of ether oxygens (including phenoxy) is 8. The number of hydrogen-bond donors (Lipinski definition) is 2. The monoisotopic (exact) mass is 950 g/mol. The maximum atomic E-state index is 15.8. The third-order valence-corrected chi connectivity index (χ3v) is 16.0. The smallest absolute Gasteiger partial charge is 0.338 e. The van der Waals surface area contributed by atoms with Gasteiger partial charge in [-0.25, -0.2) is 19.2 Å². The van der Waals surface area contributed by atoms with Gasteiger partial charge < -0.3 is 48.1 Å². The molecule has 2 N–H and O–H groups in total. The minimum absolute atomic E-state index is 0.0151. The quantitative estimate of drug-likeness (QED) is 0.158. The van der Waals surface area contributed by atoms with Crippen molar-refractivity contribution in [3.05, 3.63) is 34.9 Å². The molecule has 4 aliphatic carbocycles. The average molecular weight is 952 g/mol. The van der Waals surface area contributed by atoms with Gasteiger partial charge >= 0.3 is 29.8 Å². The van der Waals surface area contributed by atoms with Crippen LogP contribution in [-0.4, -0.2) is 134 Å². The van der Waals surface area contributed by atoms with Gasteiger partial charge in [0.05, 0.1) is 11.7 Å². The van der Waals surface area contributed by atoms with Crippen LogP contribution in [0.2, 0.25) is 5.02 Å². The Balaban J connectivity index is 1.72. The number of methoxy groups -OCH3 is 3. The van der Waals surface area contributed by atoms with Crippen LogP contribution in [0.15, 0.2) is 24.3 Å². The van der Waals surface area contributed by atoms with Crippen LogP contribution < -0.4 is 0 Å². The number of hydrogen-bond acceptors (Lipinski definition) is 17. The Morgan fingerprint density at radius 2 is 1.36 bits per heavy atom. The zero-order valence-corrected chi connectivity index (χ0v) is 40.9. The van der Waals surface area contributed by atoms with Crippen LogP contribution in [0.4, 0.5) is 0 Å². The standard InChI is InChI=1S/C48H67ClO17/c1-26(50)65-42(2,3)17-16-33(51)47(9,58)39-30(63-37(55)24-60-11)21-44(6)31-20-34(52)48(66-41(57)27-14-13-15-28(49)18-27)32(46(31,8)35(53)22-45(39,44)7)19-29(62-36(54)23-59-10)40(43(48,4)5)64-38(56)25-61-12/h13-15,18,29-32,34,39-40,52,58H,16-17,19-25H2,1-12H3/t29-,30+,31-,32-,34+,39-,40+,44-,45+,46+,47-,48+/m0/s1. The molecule has 4 saturated carbocycles. The molecule has 368 valence electrons. The summed E-state index contributed by atoms with van der Waals surface area (Å²) in [6.07, 6.45) is -6.35. The highest BCUT2D eigenvalue weighted by Crippen LogP contribution is 2.76. The van der Waals surface area contributed by atoms with Crippen molar-refractivity contribution < 1.29 is 81.7 Å². The summed E-state index contributed by atoms with van der Waals surface area (Å²) in [6.45, 7) is 13.1. The number of carbonyl (C=O) groups excluding carboxylic acids is 7. The molecule has 18 heteroatoms. The molecule has 0 spiro atoms. The lowest BCUT2D eigenvalue weighted by Crippen LogP contribution is -2.79. The fourth-order valence-electron chi connectivity index (χ4n) is 12.9. The zero-order valence-electron chi connectivity index (χ0n) is 40.1. The highest BCUT2D eigenvalue weighted by molar-refractivity contribution is 6.30. The Morgan fingerprint density at radius 1 is 0.803 bits per heavy atom. The number of esters is 5. The van der Waals surface area contributed by atoms with Gasteiger partial charge in [0.15, 0.2) is 11.4 Å². The largest absolute Gasteiger partial charge is 0.460 e. The molecular weight excluding hydrogens is 884 g/mol. The molecule has 0 unspecified atom stereocenters. The fraction of sp³-hybridized carbons (Fsp3) is 0.729. The van der Waals surface area contributed by atoms with E-state index in [0.29, 0.717) is 0 Å². The maximum Gasteiger partial charge on any atom is 0.338 e. The lowest BCUT2D eigenvalue weighted by molar-refractivity contribution is -0.315. The van der Waals surface area contributed by atoms with E-state index in [2.05, 4.69) is 0 Å². The summed E-state index contributed by atoms with van der Waals surface area (Å²) in [6, 6.07) is 5.99. The third kappa shape index (κ3) is 9.16. The van der Waals surface area contributed by atoms with Crippen molar-refractivity contribution in [2.75, 3.05) is 41.2 Å². The summed E-state index contributed by atoms with van der Waals surface area (Å²) in [5.74, 6) is -8.08. The number of carbonyl (C=O) groups is 7. The number of rotatable bonds is 17. The molecule has 0 heterocycles. The number of fused-ring (bicyclic) bond motifs is 5. The van der Waals surface area contributed by atoms with Gasteiger partial charge in [0.25, 0.3) is 0 Å². The van der Waals surface area contributed by atoms with Crippen molar-refractivity contribution in [1.82, 2.24) is 0 Å². The first-order valence-electron chi connectivity index (χ1n) is 22.2. The number of aliphatic hydroxyl groups is 2. The Kier molecular flexibility index (Phi) is 15.4. The van der Waals surface area contributed by atoms with Crippen LogP contribution in [0, 0.1) is 39.4 Å².